The SMILES string of the molecule is NCC(NC(=O)c1cc(F)ccc1O)C1CC1. The zero-order valence-electron chi connectivity index (χ0n) is 9.32. The van der Waals surface area contributed by atoms with Gasteiger partial charge in [0.25, 0.3) is 5.91 Å². The molecule has 0 aromatic heterocycles. The number of nitrogens with two attached hydrogens (primary N) is 1. The molecule has 1 saturated carbocycles. The van der Waals surface area contributed by atoms with Crippen molar-refractivity contribution in [2.75, 3.05) is 6.54 Å². The summed E-state index contributed by atoms with van der Waals surface area (Å²) in [7, 11) is 0. The first-order valence-corrected chi connectivity index (χ1v) is 5.61. The van der Waals surface area contributed by atoms with Gasteiger partial charge in [0.2, 0.25) is 0 Å². The summed E-state index contributed by atoms with van der Waals surface area (Å²) in [6.07, 6.45) is 2.11. The Kier molecular flexibility index (Phi) is 3.28. The Morgan fingerprint density at radius 1 is 1.59 bits per heavy atom. The zero-order valence-corrected chi connectivity index (χ0v) is 9.32. The maximum atomic E-state index is 13.0. The Balaban J connectivity index is 2.10. The Labute approximate surface area is 98.6 Å². The Morgan fingerprint density at radius 3 is 2.88 bits per heavy atom. The average Bonchev–Trinajstić information content (AvgIpc) is 3.13. The number of nitrogens with one attached hydrogen (secondary N) is 1. The van der Waals surface area contributed by atoms with Crippen LogP contribution in [0.4, 0.5) is 4.39 Å². The number of rotatable bonds is 4. The van der Waals surface area contributed by atoms with Crippen LogP contribution in [0.25, 0.3) is 0 Å². The molecule has 4 nitrogen and oxygen atoms in total. The molecular formula is C12H15FN2O2. The molecule has 0 bridgehead atoms. The lowest BCUT2D eigenvalue weighted by Gasteiger charge is -2.16. The maximum absolute atomic E-state index is 13.0. The number of phenolic OH excluding ortho intramolecular Hbond substituents is 1. The van der Waals surface area contributed by atoms with E-state index in [1.165, 1.54) is 6.07 Å². The number of hydrogen-bond donors (Lipinski definition) is 3. The molecule has 92 valence electrons. The highest BCUT2D eigenvalue weighted by Gasteiger charge is 2.31. The molecule has 1 unspecified atom stereocenters. The van der Waals surface area contributed by atoms with E-state index in [0.717, 1.165) is 25.0 Å². The van der Waals surface area contributed by atoms with Crippen molar-refractivity contribution in [2.24, 2.45) is 11.7 Å². The van der Waals surface area contributed by atoms with Crippen molar-refractivity contribution in [3.8, 4) is 5.75 Å². The topological polar surface area (TPSA) is 75.3 Å². The largest absolute Gasteiger partial charge is 0.507 e. The smallest absolute Gasteiger partial charge is 0.255 e. The lowest BCUT2D eigenvalue weighted by molar-refractivity contribution is 0.0930. The van der Waals surface area contributed by atoms with E-state index in [-0.39, 0.29) is 17.4 Å². The van der Waals surface area contributed by atoms with Crippen LogP contribution in [0.1, 0.15) is 23.2 Å². The van der Waals surface area contributed by atoms with E-state index >= 15 is 0 Å². The minimum Gasteiger partial charge on any atom is -0.507 e. The van der Waals surface area contributed by atoms with Crippen LogP contribution < -0.4 is 11.1 Å². The van der Waals surface area contributed by atoms with Crippen molar-refractivity contribution < 1.29 is 14.3 Å². The van der Waals surface area contributed by atoms with Gasteiger partial charge < -0.3 is 16.2 Å². The first kappa shape index (κ1) is 11.9. The second-order valence-electron chi connectivity index (χ2n) is 4.31. The lowest BCUT2D eigenvalue weighted by atomic mass is 10.1. The normalized spacial score (nSPS) is 16.6. The second kappa shape index (κ2) is 4.71. The van der Waals surface area contributed by atoms with Crippen molar-refractivity contribution >= 4 is 5.91 Å². The first-order chi connectivity index (χ1) is 8.11. The molecule has 4 N–H and O–H groups in total. The summed E-state index contributed by atoms with van der Waals surface area (Å²) in [5.74, 6) is -0.844. The molecule has 1 aromatic rings. The van der Waals surface area contributed by atoms with Crippen molar-refractivity contribution in [2.45, 2.75) is 18.9 Å². The van der Waals surface area contributed by atoms with Crippen LogP contribution in [-0.2, 0) is 0 Å². The molecule has 1 aliphatic rings. The van der Waals surface area contributed by atoms with Crippen molar-refractivity contribution in [1.29, 1.82) is 0 Å². The van der Waals surface area contributed by atoms with Gasteiger partial charge in [0, 0.05) is 12.6 Å². The summed E-state index contributed by atoms with van der Waals surface area (Å²) in [5.41, 5.74) is 5.50. The number of carbonyl (C=O) groups excluding carboxylic acids is 1. The number of amides is 1. The minimum absolute atomic E-state index is 0.0518. The van der Waals surface area contributed by atoms with E-state index in [9.17, 15) is 14.3 Å². The van der Waals surface area contributed by atoms with Crippen molar-refractivity contribution in [3.63, 3.8) is 0 Å². The van der Waals surface area contributed by atoms with Gasteiger partial charge in [0.05, 0.1) is 5.56 Å². The molecule has 1 atom stereocenters. The fourth-order valence-corrected chi connectivity index (χ4v) is 1.80. The number of hydrogen-bond acceptors (Lipinski definition) is 3. The van der Waals surface area contributed by atoms with Gasteiger partial charge in [0.1, 0.15) is 11.6 Å². The molecule has 1 aromatic carbocycles. The number of benzene rings is 1. The molecule has 0 aliphatic heterocycles. The van der Waals surface area contributed by atoms with E-state index in [0.29, 0.717) is 12.5 Å². The molecule has 2 rings (SSSR count). The molecule has 0 spiro atoms. The van der Waals surface area contributed by atoms with E-state index in [1.54, 1.807) is 0 Å². The Bertz CT molecular complexity index is 433. The summed E-state index contributed by atoms with van der Waals surface area (Å²) >= 11 is 0. The third-order valence-electron chi connectivity index (χ3n) is 2.96. The van der Waals surface area contributed by atoms with Gasteiger partial charge in [-0.1, -0.05) is 0 Å². The molecule has 0 saturated heterocycles. The standard InChI is InChI=1S/C12H15FN2O2/c13-8-3-4-11(16)9(5-8)12(17)15-10(6-14)7-1-2-7/h3-5,7,10,16H,1-2,6,14H2,(H,15,17). The van der Waals surface area contributed by atoms with Crippen LogP contribution in [0.2, 0.25) is 0 Å². The maximum Gasteiger partial charge on any atom is 0.255 e. The number of carbonyl (C=O) groups is 1. The fourth-order valence-electron chi connectivity index (χ4n) is 1.80. The summed E-state index contributed by atoms with van der Waals surface area (Å²) in [5, 5.41) is 12.2. The van der Waals surface area contributed by atoms with Crippen LogP contribution >= 0.6 is 0 Å². The van der Waals surface area contributed by atoms with Gasteiger partial charge in [-0.2, -0.15) is 0 Å². The number of phenols is 1. The predicted molar refractivity (Wildman–Crippen MR) is 61.1 cm³/mol. The van der Waals surface area contributed by atoms with Crippen molar-refractivity contribution in [3.05, 3.63) is 29.6 Å². The van der Waals surface area contributed by atoms with Gasteiger partial charge in [0.15, 0.2) is 0 Å². The van der Waals surface area contributed by atoms with Gasteiger partial charge in [-0.15, -0.1) is 0 Å². The molecule has 17 heavy (non-hydrogen) atoms. The predicted octanol–water partition coefficient (Wildman–Crippen LogP) is 0.998. The molecule has 1 amide bonds. The van der Waals surface area contributed by atoms with Crippen LogP contribution in [0, 0.1) is 11.7 Å². The fraction of sp³-hybridized carbons (Fsp3) is 0.417. The van der Waals surface area contributed by atoms with Gasteiger partial charge in [-0.3, -0.25) is 4.79 Å². The highest BCUT2D eigenvalue weighted by Crippen LogP contribution is 2.32. The van der Waals surface area contributed by atoms with E-state index in [1.807, 2.05) is 0 Å². The zero-order chi connectivity index (χ0) is 12.4. The highest BCUT2D eigenvalue weighted by molar-refractivity contribution is 5.97. The lowest BCUT2D eigenvalue weighted by Crippen LogP contribution is -2.41. The van der Waals surface area contributed by atoms with Gasteiger partial charge in [-0.25, -0.2) is 4.39 Å². The van der Waals surface area contributed by atoms with E-state index in [4.69, 9.17) is 5.73 Å². The second-order valence-corrected chi connectivity index (χ2v) is 4.31. The summed E-state index contributed by atoms with van der Waals surface area (Å²) in [6, 6.07) is 3.20. The monoisotopic (exact) mass is 238 g/mol. The number of halogens is 1. The number of aromatic hydroxyl groups is 1. The Morgan fingerprint density at radius 2 is 2.29 bits per heavy atom. The van der Waals surface area contributed by atoms with E-state index < -0.39 is 11.7 Å². The quantitative estimate of drug-likeness (QED) is 0.732. The van der Waals surface area contributed by atoms with Crippen molar-refractivity contribution in [1.82, 2.24) is 5.32 Å². The molecule has 1 fully saturated rings. The average molecular weight is 238 g/mol. The first-order valence-electron chi connectivity index (χ1n) is 5.61. The summed E-state index contributed by atoms with van der Waals surface area (Å²) in [6.45, 7) is 0.354. The van der Waals surface area contributed by atoms with Gasteiger partial charge in [-0.05, 0) is 37.0 Å². The van der Waals surface area contributed by atoms with Crippen LogP contribution in [0.5, 0.6) is 5.75 Å². The molecule has 5 heteroatoms. The molecule has 0 radical (unpaired) electrons. The summed E-state index contributed by atoms with van der Waals surface area (Å²) < 4.78 is 13.0. The Hall–Kier alpha value is -1.62. The molecule has 0 heterocycles. The minimum atomic E-state index is -0.552. The van der Waals surface area contributed by atoms with Crippen LogP contribution in [0.15, 0.2) is 18.2 Å². The third-order valence-corrected chi connectivity index (χ3v) is 2.96. The van der Waals surface area contributed by atoms with Crippen LogP contribution in [-0.4, -0.2) is 23.6 Å². The third kappa shape index (κ3) is 2.74. The molecule has 1 aliphatic carbocycles. The van der Waals surface area contributed by atoms with E-state index in [2.05, 4.69) is 5.32 Å². The van der Waals surface area contributed by atoms with Gasteiger partial charge >= 0.3 is 0 Å². The molecular weight excluding hydrogens is 223 g/mol. The summed E-state index contributed by atoms with van der Waals surface area (Å²) in [4.78, 5) is 11.8. The van der Waals surface area contributed by atoms with Crippen LogP contribution in [0.3, 0.4) is 0 Å². The highest BCUT2D eigenvalue weighted by atomic mass is 19.1.